The number of phosphoric ester groups is 1. The Balaban J connectivity index is 4.27. The number of aliphatic hydroxyl groups is 1. The number of carbonyl (C=O) groups excluding carboxylic acids is 1. The van der Waals surface area contributed by atoms with Crippen molar-refractivity contribution in [2.45, 2.75) is 283 Å². The fourth-order valence-electron chi connectivity index (χ4n) is 9.24. The van der Waals surface area contributed by atoms with Gasteiger partial charge in [-0.1, -0.05) is 295 Å². The number of aliphatic hydroxyl groups excluding tert-OH is 1. The van der Waals surface area contributed by atoms with Gasteiger partial charge < -0.3 is 19.8 Å². The topological polar surface area (TPSA) is 105 Å². The normalized spacial score (nSPS) is 14.6. The second-order valence-corrected chi connectivity index (χ2v) is 25.3. The van der Waals surface area contributed by atoms with E-state index in [1.165, 1.54) is 128 Å². The average molecular weight is 1190 g/mol. The molecule has 0 saturated heterocycles. The van der Waals surface area contributed by atoms with E-state index in [2.05, 4.69) is 153 Å². The fourth-order valence-corrected chi connectivity index (χ4v) is 9.98. The van der Waals surface area contributed by atoms with E-state index in [0.717, 1.165) is 122 Å². The third-order valence-corrected chi connectivity index (χ3v) is 15.5. The van der Waals surface area contributed by atoms with Crippen LogP contribution in [0.25, 0.3) is 0 Å². The van der Waals surface area contributed by atoms with Gasteiger partial charge in [-0.25, -0.2) is 4.57 Å². The first-order chi connectivity index (χ1) is 41.0. The molecule has 84 heavy (non-hydrogen) atoms. The molecular formula is C75H130N2O6P+. The second kappa shape index (κ2) is 63.9. The summed E-state index contributed by atoms with van der Waals surface area (Å²) in [5.74, 6) is -0.214. The van der Waals surface area contributed by atoms with Crippen molar-refractivity contribution in [3.63, 3.8) is 0 Å². The zero-order valence-corrected chi connectivity index (χ0v) is 55.7. The lowest BCUT2D eigenvalue weighted by molar-refractivity contribution is -0.870. The van der Waals surface area contributed by atoms with Crippen LogP contribution in [0.4, 0.5) is 0 Å². The molecule has 0 spiro atoms. The Hall–Kier alpha value is -3.62. The molecule has 3 atom stereocenters. The van der Waals surface area contributed by atoms with Crippen LogP contribution in [0.1, 0.15) is 271 Å². The van der Waals surface area contributed by atoms with Crippen molar-refractivity contribution in [1.29, 1.82) is 0 Å². The van der Waals surface area contributed by atoms with Crippen LogP contribution < -0.4 is 5.32 Å². The minimum atomic E-state index is -4.38. The van der Waals surface area contributed by atoms with Crippen molar-refractivity contribution in [2.24, 2.45) is 0 Å². The molecule has 0 aromatic carbocycles. The van der Waals surface area contributed by atoms with E-state index in [-0.39, 0.29) is 19.1 Å². The molecule has 3 N–H and O–H groups in total. The van der Waals surface area contributed by atoms with E-state index < -0.39 is 20.0 Å². The largest absolute Gasteiger partial charge is 0.472 e. The molecule has 0 rings (SSSR count). The second-order valence-electron chi connectivity index (χ2n) is 23.8. The number of rotatable bonds is 61. The molecular weight excluding hydrogens is 1060 g/mol. The van der Waals surface area contributed by atoms with E-state index in [9.17, 15) is 19.4 Å². The number of phosphoric acid groups is 1. The summed E-state index contributed by atoms with van der Waals surface area (Å²) in [4.78, 5) is 23.4. The van der Waals surface area contributed by atoms with Crippen molar-refractivity contribution in [3.8, 4) is 0 Å². The maximum atomic E-state index is 13.0. The monoisotopic (exact) mass is 1190 g/mol. The lowest BCUT2D eigenvalue weighted by atomic mass is 10.0. The van der Waals surface area contributed by atoms with Gasteiger partial charge in [0.25, 0.3) is 0 Å². The Morgan fingerprint density at radius 2 is 0.726 bits per heavy atom. The van der Waals surface area contributed by atoms with Gasteiger partial charge in [-0.3, -0.25) is 13.8 Å². The molecule has 1 amide bonds. The highest BCUT2D eigenvalue weighted by atomic mass is 31.2. The number of allylic oxidation sites excluding steroid dienone is 23. The van der Waals surface area contributed by atoms with E-state index >= 15 is 0 Å². The highest BCUT2D eigenvalue weighted by molar-refractivity contribution is 7.47. The molecule has 0 bridgehead atoms. The van der Waals surface area contributed by atoms with Gasteiger partial charge in [0, 0.05) is 6.42 Å². The number of likely N-dealkylation sites (N-methyl/N-ethyl adjacent to an activating group) is 1. The molecule has 0 radical (unpaired) electrons. The number of hydrogen-bond donors (Lipinski definition) is 3. The molecule has 0 saturated carbocycles. The van der Waals surface area contributed by atoms with Crippen molar-refractivity contribution < 1.29 is 32.9 Å². The predicted molar refractivity (Wildman–Crippen MR) is 368 cm³/mol. The smallest absolute Gasteiger partial charge is 0.387 e. The summed E-state index contributed by atoms with van der Waals surface area (Å²) in [6, 6.07) is -0.894. The predicted octanol–water partition coefficient (Wildman–Crippen LogP) is 22.0. The molecule has 480 valence electrons. The van der Waals surface area contributed by atoms with Crippen molar-refractivity contribution in [2.75, 3.05) is 40.9 Å². The third-order valence-electron chi connectivity index (χ3n) is 14.5. The van der Waals surface area contributed by atoms with Crippen LogP contribution in [0.3, 0.4) is 0 Å². The number of hydrogen-bond acceptors (Lipinski definition) is 5. The summed E-state index contributed by atoms with van der Waals surface area (Å²) in [6.07, 6.45) is 98.5. The maximum absolute atomic E-state index is 13.0. The Morgan fingerprint density at radius 3 is 1.10 bits per heavy atom. The highest BCUT2D eigenvalue weighted by Crippen LogP contribution is 2.43. The summed E-state index contributed by atoms with van der Waals surface area (Å²) in [6.45, 7) is 4.66. The molecule has 0 aromatic rings. The molecule has 0 aliphatic heterocycles. The van der Waals surface area contributed by atoms with Crippen molar-refractivity contribution >= 4 is 13.7 Å². The summed E-state index contributed by atoms with van der Waals surface area (Å²) in [7, 11) is 1.51. The summed E-state index contributed by atoms with van der Waals surface area (Å²) < 4.78 is 23.8. The fraction of sp³-hybridized carbons (Fsp3) is 0.667. The zero-order chi connectivity index (χ0) is 61.2. The number of amides is 1. The summed E-state index contributed by atoms with van der Waals surface area (Å²) in [5.41, 5.74) is 0. The van der Waals surface area contributed by atoms with Crippen LogP contribution in [0.15, 0.2) is 146 Å². The lowest BCUT2D eigenvalue weighted by Crippen LogP contribution is -2.45. The standard InChI is InChI=1S/C75H129N2O6P/c1-6-8-10-12-14-16-18-20-22-24-26-28-30-32-34-36-37-38-39-41-43-45-47-49-51-53-55-57-59-61-63-65-67-69-75(79)76-73(72-83-84(80,81)82-71-70-77(3,4)5)74(78)68-66-64-62-60-58-56-54-52-50-48-46-44-42-40-35-33-31-29-27-25-23-21-19-17-15-13-11-9-7-2/h8,10,14,16,20,22,26,28,32,34,37-38,41,43,47,49-50,52-53,55,58,60,66,68,73-74,78H,6-7,9,11-13,15,17-19,21,23-25,27,29-31,33,35-36,39-40,42,44-46,48,51,54,56-57,59,61-65,67,69-72H2,1-5H3,(H-,76,79,80,81)/p+1/b10-8-,16-14-,22-20-,28-26-,34-32-,38-37-,43-41-,49-47-,52-50+,55-53-,60-58+,68-66+. The van der Waals surface area contributed by atoms with Gasteiger partial charge in [-0.2, -0.15) is 0 Å². The van der Waals surface area contributed by atoms with Crippen LogP contribution in [0, 0.1) is 0 Å². The first kappa shape index (κ1) is 80.4. The molecule has 8 nitrogen and oxygen atoms in total. The van der Waals surface area contributed by atoms with Crippen LogP contribution in [0.2, 0.25) is 0 Å². The first-order valence-electron chi connectivity index (χ1n) is 34.2. The third kappa shape index (κ3) is 65.9. The Labute approximate surface area is 519 Å². The molecule has 9 heteroatoms. The number of nitrogens with zero attached hydrogens (tertiary/aromatic N) is 1. The van der Waals surface area contributed by atoms with Crippen LogP contribution in [-0.4, -0.2) is 73.4 Å². The van der Waals surface area contributed by atoms with Gasteiger partial charge in [-0.05, 0) is 116 Å². The quantitative estimate of drug-likeness (QED) is 0.0243. The van der Waals surface area contributed by atoms with Crippen molar-refractivity contribution in [1.82, 2.24) is 5.32 Å². The number of carbonyl (C=O) groups is 1. The lowest BCUT2D eigenvalue weighted by Gasteiger charge is -2.25. The van der Waals surface area contributed by atoms with E-state index in [1.807, 2.05) is 27.2 Å². The summed E-state index contributed by atoms with van der Waals surface area (Å²) >= 11 is 0. The van der Waals surface area contributed by atoms with Crippen LogP contribution in [0.5, 0.6) is 0 Å². The Kier molecular flexibility index (Phi) is 61.1. The molecule has 0 aliphatic carbocycles. The van der Waals surface area contributed by atoms with Crippen molar-refractivity contribution in [3.05, 3.63) is 146 Å². The Morgan fingerprint density at radius 1 is 0.417 bits per heavy atom. The van der Waals surface area contributed by atoms with Gasteiger partial charge in [-0.15, -0.1) is 0 Å². The minimum Gasteiger partial charge on any atom is -0.387 e. The van der Waals surface area contributed by atoms with E-state index in [1.54, 1.807) is 6.08 Å². The maximum Gasteiger partial charge on any atom is 0.472 e. The molecule has 0 aromatic heterocycles. The minimum absolute atomic E-state index is 0.0413. The molecule has 3 unspecified atom stereocenters. The van der Waals surface area contributed by atoms with E-state index in [0.29, 0.717) is 17.4 Å². The first-order valence-corrected chi connectivity index (χ1v) is 35.7. The van der Waals surface area contributed by atoms with Gasteiger partial charge >= 0.3 is 7.82 Å². The van der Waals surface area contributed by atoms with Gasteiger partial charge in [0.05, 0.1) is 39.9 Å². The average Bonchev–Trinajstić information content (AvgIpc) is 3.56. The SMILES string of the molecule is CC/C=C\C/C=C\C/C=C\C/C=C\C/C=C\C/C=C\C/C=C\C/C=C\C/C=C\CCCCCCCC(=O)NC(COP(=O)(O)OCC[N+](C)(C)C)C(O)/C=C/CC/C=C/CC/C=C/CCCCCCCCCCCCCCCCCCCCC. The Bertz CT molecular complexity index is 1880. The molecule has 0 fully saturated rings. The van der Waals surface area contributed by atoms with E-state index in [4.69, 9.17) is 9.05 Å². The zero-order valence-electron chi connectivity index (χ0n) is 54.8. The van der Waals surface area contributed by atoms with Crippen LogP contribution >= 0.6 is 7.82 Å². The van der Waals surface area contributed by atoms with Gasteiger partial charge in [0.15, 0.2) is 0 Å². The molecule has 0 heterocycles. The summed E-state index contributed by atoms with van der Waals surface area (Å²) in [5, 5.41) is 14.0. The number of quaternary nitrogens is 1. The molecule has 0 aliphatic rings. The number of unbranched alkanes of at least 4 members (excludes halogenated alkanes) is 26. The number of nitrogens with one attached hydrogen (secondary N) is 1. The van der Waals surface area contributed by atoms with Gasteiger partial charge in [0.1, 0.15) is 13.2 Å². The van der Waals surface area contributed by atoms with Gasteiger partial charge in [0.2, 0.25) is 5.91 Å². The van der Waals surface area contributed by atoms with Crippen LogP contribution in [-0.2, 0) is 18.4 Å². The highest BCUT2D eigenvalue weighted by Gasteiger charge is 2.27.